The molecule has 0 unspecified atom stereocenters. The molecular formula is C8H9N3O3S2. The molecule has 0 spiro atoms. The van der Waals surface area contributed by atoms with Gasteiger partial charge in [0.1, 0.15) is 0 Å². The lowest BCUT2D eigenvalue weighted by atomic mass is 10.1. The van der Waals surface area contributed by atoms with Gasteiger partial charge < -0.3 is 4.42 Å². The molecule has 1 aliphatic rings. The summed E-state index contributed by atoms with van der Waals surface area (Å²) in [6, 6.07) is 1.95. The molecule has 0 radical (unpaired) electrons. The third-order valence-electron chi connectivity index (χ3n) is 2.26. The Morgan fingerprint density at radius 1 is 1.56 bits per heavy atom. The first-order valence-corrected chi connectivity index (χ1v) is 7.45. The fraction of sp³-hybridized carbons (Fsp3) is 0.625. The summed E-state index contributed by atoms with van der Waals surface area (Å²) < 4.78 is 27.8. The summed E-state index contributed by atoms with van der Waals surface area (Å²) in [4.78, 5) is 0. The van der Waals surface area contributed by atoms with Gasteiger partial charge in [0.15, 0.2) is 9.84 Å². The zero-order valence-corrected chi connectivity index (χ0v) is 9.92. The van der Waals surface area contributed by atoms with E-state index < -0.39 is 9.84 Å². The van der Waals surface area contributed by atoms with Crippen LogP contribution in [0.2, 0.25) is 0 Å². The lowest BCUT2D eigenvalue weighted by molar-refractivity contribution is 0.393. The first-order valence-electron chi connectivity index (χ1n) is 4.64. The predicted molar refractivity (Wildman–Crippen MR) is 56.6 cm³/mol. The minimum atomic E-state index is -2.94. The van der Waals surface area contributed by atoms with Crippen LogP contribution in [-0.4, -0.2) is 35.9 Å². The van der Waals surface area contributed by atoms with E-state index in [1.165, 1.54) is 0 Å². The molecule has 0 aromatic carbocycles. The molecule has 1 aliphatic heterocycles. The van der Waals surface area contributed by atoms with Crippen molar-refractivity contribution in [3.8, 4) is 6.07 Å². The van der Waals surface area contributed by atoms with Gasteiger partial charge in [0.2, 0.25) is 5.89 Å². The molecule has 1 aromatic heterocycles. The van der Waals surface area contributed by atoms with Crippen molar-refractivity contribution in [2.75, 3.05) is 17.3 Å². The summed E-state index contributed by atoms with van der Waals surface area (Å²) in [6.45, 7) is 0. The van der Waals surface area contributed by atoms with Crippen molar-refractivity contribution >= 4 is 21.6 Å². The van der Waals surface area contributed by atoms with Gasteiger partial charge in [0.05, 0.1) is 29.2 Å². The number of sulfone groups is 1. The molecule has 1 atom stereocenters. The van der Waals surface area contributed by atoms with Gasteiger partial charge in [-0.1, -0.05) is 11.8 Å². The Morgan fingerprint density at radius 2 is 2.38 bits per heavy atom. The molecule has 16 heavy (non-hydrogen) atoms. The molecule has 0 N–H and O–H groups in total. The van der Waals surface area contributed by atoms with Crippen LogP contribution in [0.4, 0.5) is 0 Å². The number of hydrogen-bond donors (Lipinski definition) is 0. The Morgan fingerprint density at radius 3 is 3.00 bits per heavy atom. The smallest absolute Gasteiger partial charge is 0.277 e. The molecule has 6 nitrogen and oxygen atoms in total. The zero-order valence-electron chi connectivity index (χ0n) is 8.29. The molecular weight excluding hydrogens is 250 g/mol. The number of hydrogen-bond acceptors (Lipinski definition) is 7. The standard InChI is InChI=1S/C8H9N3O3S2/c9-2-3-15-8-11-10-7(14-8)6-1-4-16(12,13)5-6/h6H,1,3-5H2/t6-/m1/s1. The van der Waals surface area contributed by atoms with Gasteiger partial charge >= 0.3 is 0 Å². The maximum Gasteiger partial charge on any atom is 0.277 e. The van der Waals surface area contributed by atoms with Crippen molar-refractivity contribution in [1.82, 2.24) is 10.2 Å². The summed E-state index contributed by atoms with van der Waals surface area (Å²) in [6.07, 6.45) is 0.535. The van der Waals surface area contributed by atoms with Gasteiger partial charge in [-0.25, -0.2) is 8.42 Å². The molecule has 2 rings (SSSR count). The highest BCUT2D eigenvalue weighted by atomic mass is 32.2. The van der Waals surface area contributed by atoms with Gasteiger partial charge in [-0.2, -0.15) is 5.26 Å². The first-order chi connectivity index (χ1) is 7.61. The lowest BCUT2D eigenvalue weighted by Crippen LogP contribution is -2.03. The molecule has 1 aromatic rings. The normalized spacial score (nSPS) is 23.1. The number of aromatic nitrogens is 2. The summed E-state index contributed by atoms with van der Waals surface area (Å²) >= 11 is 1.15. The van der Waals surface area contributed by atoms with E-state index in [0.717, 1.165) is 11.8 Å². The van der Waals surface area contributed by atoms with Crippen LogP contribution in [0.1, 0.15) is 18.2 Å². The first kappa shape index (κ1) is 11.4. The van der Waals surface area contributed by atoms with Crippen LogP contribution >= 0.6 is 11.8 Å². The summed E-state index contributed by atoms with van der Waals surface area (Å²) in [5.41, 5.74) is 0. The summed E-state index contributed by atoms with van der Waals surface area (Å²) in [5, 5.41) is 16.2. The number of nitriles is 1. The Labute approximate surface area is 97.0 Å². The molecule has 0 amide bonds. The third-order valence-corrected chi connectivity index (χ3v) is 4.72. The van der Waals surface area contributed by atoms with E-state index in [9.17, 15) is 8.42 Å². The SMILES string of the molecule is N#CCSc1nnc([C@@H]2CCS(=O)(=O)C2)o1. The zero-order chi connectivity index (χ0) is 11.6. The summed E-state index contributed by atoms with van der Waals surface area (Å²) in [7, 11) is -2.94. The topological polar surface area (TPSA) is 96.9 Å². The van der Waals surface area contributed by atoms with Crippen LogP contribution < -0.4 is 0 Å². The van der Waals surface area contributed by atoms with Crippen molar-refractivity contribution in [3.63, 3.8) is 0 Å². The Balaban J connectivity index is 2.06. The van der Waals surface area contributed by atoms with E-state index in [2.05, 4.69) is 10.2 Å². The highest BCUT2D eigenvalue weighted by Crippen LogP contribution is 2.29. The lowest BCUT2D eigenvalue weighted by Gasteiger charge is -1.98. The van der Waals surface area contributed by atoms with Crippen molar-refractivity contribution in [2.45, 2.75) is 17.6 Å². The van der Waals surface area contributed by atoms with E-state index in [0.29, 0.717) is 17.5 Å². The van der Waals surface area contributed by atoms with E-state index in [4.69, 9.17) is 9.68 Å². The van der Waals surface area contributed by atoms with Gasteiger partial charge in [0, 0.05) is 0 Å². The molecule has 86 valence electrons. The largest absolute Gasteiger partial charge is 0.416 e. The average Bonchev–Trinajstić information content (AvgIpc) is 2.81. The Bertz CT molecular complexity index is 517. The molecule has 1 saturated heterocycles. The fourth-order valence-electron chi connectivity index (χ4n) is 1.53. The Hall–Kier alpha value is -1.07. The fourth-order valence-corrected chi connectivity index (χ4v) is 3.69. The van der Waals surface area contributed by atoms with E-state index in [1.807, 2.05) is 6.07 Å². The van der Waals surface area contributed by atoms with E-state index in [-0.39, 0.29) is 23.2 Å². The van der Waals surface area contributed by atoms with Crippen molar-refractivity contribution in [3.05, 3.63) is 5.89 Å². The molecule has 2 heterocycles. The van der Waals surface area contributed by atoms with Crippen LogP contribution in [0.25, 0.3) is 0 Å². The average molecular weight is 259 g/mol. The van der Waals surface area contributed by atoms with Gasteiger partial charge in [-0.05, 0) is 6.42 Å². The number of rotatable bonds is 3. The molecule has 0 saturated carbocycles. The maximum atomic E-state index is 11.3. The molecule has 8 heteroatoms. The van der Waals surface area contributed by atoms with Crippen LogP contribution in [0.3, 0.4) is 0 Å². The highest BCUT2D eigenvalue weighted by molar-refractivity contribution is 7.99. The van der Waals surface area contributed by atoms with Crippen LogP contribution in [-0.2, 0) is 9.84 Å². The van der Waals surface area contributed by atoms with Crippen LogP contribution in [0.15, 0.2) is 9.64 Å². The maximum absolute atomic E-state index is 11.3. The molecule has 0 aliphatic carbocycles. The predicted octanol–water partition coefficient (Wildman–Crippen LogP) is 0.587. The monoisotopic (exact) mass is 259 g/mol. The van der Waals surface area contributed by atoms with Crippen LogP contribution in [0, 0.1) is 11.3 Å². The second kappa shape index (κ2) is 4.43. The minimum absolute atomic E-state index is 0.0809. The highest BCUT2D eigenvalue weighted by Gasteiger charge is 2.32. The van der Waals surface area contributed by atoms with Gasteiger partial charge in [0.25, 0.3) is 5.22 Å². The van der Waals surface area contributed by atoms with Gasteiger partial charge in [-0.15, -0.1) is 10.2 Å². The van der Waals surface area contributed by atoms with Crippen molar-refractivity contribution < 1.29 is 12.8 Å². The summed E-state index contributed by atoms with van der Waals surface area (Å²) in [5.74, 6) is 0.679. The second-order valence-corrected chi connectivity index (χ2v) is 6.61. The second-order valence-electron chi connectivity index (χ2n) is 3.45. The number of nitrogens with zero attached hydrogens (tertiary/aromatic N) is 3. The number of thioether (sulfide) groups is 1. The van der Waals surface area contributed by atoms with E-state index >= 15 is 0 Å². The van der Waals surface area contributed by atoms with Crippen molar-refractivity contribution in [1.29, 1.82) is 5.26 Å². The van der Waals surface area contributed by atoms with Gasteiger partial charge in [-0.3, -0.25) is 0 Å². The van der Waals surface area contributed by atoms with Crippen molar-refractivity contribution in [2.24, 2.45) is 0 Å². The third kappa shape index (κ3) is 2.54. The quantitative estimate of drug-likeness (QED) is 0.732. The van der Waals surface area contributed by atoms with E-state index in [1.54, 1.807) is 0 Å². The Kier molecular flexibility index (Phi) is 3.16. The van der Waals surface area contributed by atoms with Crippen LogP contribution in [0.5, 0.6) is 0 Å². The minimum Gasteiger partial charge on any atom is -0.416 e. The molecule has 1 fully saturated rings. The molecule has 0 bridgehead atoms.